The average molecular weight is 299 g/mol. The van der Waals surface area contributed by atoms with Gasteiger partial charge in [0.1, 0.15) is 6.54 Å². The van der Waals surface area contributed by atoms with E-state index >= 15 is 0 Å². The van der Waals surface area contributed by atoms with Gasteiger partial charge in [0.15, 0.2) is 5.82 Å². The number of nitrogens with one attached hydrogen (secondary N) is 1. The topological polar surface area (TPSA) is 84.2 Å². The maximum atomic E-state index is 12.2. The SMILES string of the molecule is Cc1ccccc1[C@@H]1C[C@H]1C(=O)Nc1ccn(CC(=O)O)n1. The van der Waals surface area contributed by atoms with Crippen LogP contribution in [0.5, 0.6) is 0 Å². The number of carboxylic acids is 1. The molecule has 1 aromatic heterocycles. The van der Waals surface area contributed by atoms with Crippen molar-refractivity contribution >= 4 is 17.7 Å². The average Bonchev–Trinajstić information content (AvgIpc) is 3.14. The van der Waals surface area contributed by atoms with E-state index in [0.717, 1.165) is 6.42 Å². The van der Waals surface area contributed by atoms with Crippen molar-refractivity contribution in [2.45, 2.75) is 25.8 Å². The van der Waals surface area contributed by atoms with Crippen molar-refractivity contribution < 1.29 is 14.7 Å². The highest BCUT2D eigenvalue weighted by molar-refractivity contribution is 5.94. The molecule has 2 N–H and O–H groups in total. The number of nitrogens with zero attached hydrogens (tertiary/aromatic N) is 2. The molecule has 2 aromatic rings. The number of aromatic nitrogens is 2. The predicted molar refractivity (Wildman–Crippen MR) is 80.5 cm³/mol. The van der Waals surface area contributed by atoms with Gasteiger partial charge in [-0.1, -0.05) is 24.3 Å². The molecule has 6 nitrogen and oxygen atoms in total. The van der Waals surface area contributed by atoms with Gasteiger partial charge in [0, 0.05) is 18.2 Å². The molecular weight excluding hydrogens is 282 g/mol. The van der Waals surface area contributed by atoms with Crippen LogP contribution < -0.4 is 5.32 Å². The third kappa shape index (κ3) is 3.00. The Labute approximate surface area is 127 Å². The molecule has 6 heteroatoms. The monoisotopic (exact) mass is 299 g/mol. The fraction of sp³-hybridized carbons (Fsp3) is 0.312. The Hall–Kier alpha value is -2.63. The normalized spacial score (nSPS) is 19.7. The zero-order valence-corrected chi connectivity index (χ0v) is 12.2. The van der Waals surface area contributed by atoms with Gasteiger partial charge in [0.05, 0.1) is 0 Å². The number of anilines is 1. The van der Waals surface area contributed by atoms with Crippen LogP contribution in [0.3, 0.4) is 0 Å². The summed E-state index contributed by atoms with van der Waals surface area (Å²) in [6.07, 6.45) is 2.38. The van der Waals surface area contributed by atoms with Crippen molar-refractivity contribution in [3.63, 3.8) is 0 Å². The molecule has 0 radical (unpaired) electrons. The first-order valence-electron chi connectivity index (χ1n) is 7.16. The summed E-state index contributed by atoms with van der Waals surface area (Å²) in [5, 5.41) is 15.5. The molecule has 1 saturated carbocycles. The molecule has 0 saturated heterocycles. The minimum atomic E-state index is -0.970. The van der Waals surface area contributed by atoms with Gasteiger partial charge >= 0.3 is 5.97 Å². The number of aliphatic carboxylic acids is 1. The van der Waals surface area contributed by atoms with Gasteiger partial charge in [-0.25, -0.2) is 0 Å². The van der Waals surface area contributed by atoms with E-state index in [-0.39, 0.29) is 24.3 Å². The molecule has 0 bridgehead atoms. The van der Waals surface area contributed by atoms with Gasteiger partial charge < -0.3 is 10.4 Å². The van der Waals surface area contributed by atoms with Crippen molar-refractivity contribution in [1.82, 2.24) is 9.78 Å². The zero-order chi connectivity index (χ0) is 15.7. The summed E-state index contributed by atoms with van der Waals surface area (Å²) < 4.78 is 1.28. The summed E-state index contributed by atoms with van der Waals surface area (Å²) in [4.78, 5) is 22.8. The number of carboxylic acid groups (broad SMARTS) is 1. The number of hydrogen-bond acceptors (Lipinski definition) is 3. The molecule has 0 aliphatic heterocycles. The first kappa shape index (κ1) is 14.3. The summed E-state index contributed by atoms with van der Waals surface area (Å²) in [5.41, 5.74) is 2.42. The van der Waals surface area contributed by atoms with Crippen molar-refractivity contribution in [3.8, 4) is 0 Å². The van der Waals surface area contributed by atoms with Gasteiger partial charge in [-0.2, -0.15) is 5.10 Å². The molecule has 0 spiro atoms. The number of rotatable bonds is 5. The van der Waals surface area contributed by atoms with Crippen molar-refractivity contribution in [1.29, 1.82) is 0 Å². The maximum absolute atomic E-state index is 12.2. The van der Waals surface area contributed by atoms with Crippen molar-refractivity contribution in [2.75, 3.05) is 5.32 Å². The molecule has 1 aromatic carbocycles. The van der Waals surface area contributed by atoms with Crippen LogP contribution in [0.15, 0.2) is 36.5 Å². The van der Waals surface area contributed by atoms with Crippen LogP contribution in [0.25, 0.3) is 0 Å². The Morgan fingerprint density at radius 2 is 2.14 bits per heavy atom. The van der Waals surface area contributed by atoms with Crippen molar-refractivity contribution in [2.24, 2.45) is 5.92 Å². The van der Waals surface area contributed by atoms with E-state index in [4.69, 9.17) is 5.11 Å². The Kier molecular flexibility index (Phi) is 3.66. The Balaban J connectivity index is 1.61. The number of benzene rings is 1. The highest BCUT2D eigenvalue weighted by atomic mass is 16.4. The number of carbonyl (C=O) groups excluding carboxylic acids is 1. The zero-order valence-electron chi connectivity index (χ0n) is 12.2. The summed E-state index contributed by atoms with van der Waals surface area (Å²) in [6.45, 7) is 1.83. The summed E-state index contributed by atoms with van der Waals surface area (Å²) >= 11 is 0. The standard InChI is InChI=1S/C16H17N3O3/c1-10-4-2-3-5-11(10)12-8-13(12)16(22)17-14-6-7-19(18-14)9-15(20)21/h2-7,12-13H,8-9H2,1H3,(H,20,21)(H,17,18,22)/t12-,13+/m0/s1. The molecule has 1 amide bonds. The second-order valence-corrected chi connectivity index (χ2v) is 5.59. The third-order valence-electron chi connectivity index (χ3n) is 3.90. The summed E-state index contributed by atoms with van der Waals surface area (Å²) in [6, 6.07) is 9.70. The van der Waals surface area contributed by atoms with Gasteiger partial charge in [-0.05, 0) is 30.4 Å². The van der Waals surface area contributed by atoms with E-state index in [1.165, 1.54) is 22.0 Å². The van der Waals surface area contributed by atoms with Crippen LogP contribution in [0.4, 0.5) is 5.82 Å². The van der Waals surface area contributed by atoms with Crippen molar-refractivity contribution in [3.05, 3.63) is 47.7 Å². The fourth-order valence-electron chi connectivity index (χ4n) is 2.71. The maximum Gasteiger partial charge on any atom is 0.325 e. The van der Waals surface area contributed by atoms with Crippen LogP contribution in [0.1, 0.15) is 23.5 Å². The minimum absolute atomic E-state index is 0.0364. The Morgan fingerprint density at radius 3 is 2.86 bits per heavy atom. The second kappa shape index (κ2) is 5.63. The molecule has 1 heterocycles. The molecular formula is C16H17N3O3. The van der Waals surface area contributed by atoms with E-state index in [2.05, 4.69) is 29.5 Å². The predicted octanol–water partition coefficient (Wildman–Crippen LogP) is 2.02. The number of aryl methyl sites for hydroxylation is 1. The molecule has 0 unspecified atom stereocenters. The smallest absolute Gasteiger partial charge is 0.325 e. The molecule has 22 heavy (non-hydrogen) atoms. The van der Waals surface area contributed by atoms with Gasteiger partial charge in [-0.3, -0.25) is 14.3 Å². The number of hydrogen-bond donors (Lipinski definition) is 2. The van der Waals surface area contributed by atoms with Crippen LogP contribution in [0.2, 0.25) is 0 Å². The number of carbonyl (C=O) groups is 2. The highest BCUT2D eigenvalue weighted by Crippen LogP contribution is 2.48. The van der Waals surface area contributed by atoms with Gasteiger partial charge in [0.2, 0.25) is 5.91 Å². The second-order valence-electron chi connectivity index (χ2n) is 5.59. The fourth-order valence-corrected chi connectivity index (χ4v) is 2.71. The first-order valence-corrected chi connectivity index (χ1v) is 7.16. The Bertz CT molecular complexity index is 723. The molecule has 1 aliphatic carbocycles. The lowest BCUT2D eigenvalue weighted by Crippen LogP contribution is -2.16. The summed E-state index contributed by atoms with van der Waals surface area (Å²) in [5.74, 6) is -0.411. The van der Waals surface area contributed by atoms with Gasteiger partial charge in [0.25, 0.3) is 0 Å². The van der Waals surface area contributed by atoms with Crippen LogP contribution in [-0.2, 0) is 16.1 Å². The quantitative estimate of drug-likeness (QED) is 0.884. The first-order chi connectivity index (χ1) is 10.5. The molecule has 114 valence electrons. The molecule has 3 rings (SSSR count). The minimum Gasteiger partial charge on any atom is -0.480 e. The third-order valence-corrected chi connectivity index (χ3v) is 3.90. The Morgan fingerprint density at radius 1 is 1.36 bits per heavy atom. The summed E-state index contributed by atoms with van der Waals surface area (Å²) in [7, 11) is 0. The van der Waals surface area contributed by atoms with Crippen LogP contribution in [0, 0.1) is 12.8 Å². The molecule has 1 fully saturated rings. The molecule has 2 atom stereocenters. The van der Waals surface area contributed by atoms with E-state index < -0.39 is 5.97 Å². The van der Waals surface area contributed by atoms with E-state index in [1.807, 2.05) is 12.1 Å². The van der Waals surface area contributed by atoms with Gasteiger partial charge in [-0.15, -0.1) is 0 Å². The lowest BCUT2D eigenvalue weighted by molar-refractivity contribution is -0.137. The van der Waals surface area contributed by atoms with Crippen LogP contribution in [-0.4, -0.2) is 26.8 Å². The largest absolute Gasteiger partial charge is 0.480 e. The van der Waals surface area contributed by atoms with E-state index in [9.17, 15) is 9.59 Å². The lowest BCUT2D eigenvalue weighted by atomic mass is 10.0. The number of amides is 1. The van der Waals surface area contributed by atoms with E-state index in [0.29, 0.717) is 5.82 Å². The lowest BCUT2D eigenvalue weighted by Gasteiger charge is -2.05. The molecule has 1 aliphatic rings. The van der Waals surface area contributed by atoms with E-state index in [1.54, 1.807) is 6.07 Å². The van der Waals surface area contributed by atoms with Crippen LogP contribution >= 0.6 is 0 Å². The highest BCUT2D eigenvalue weighted by Gasteiger charge is 2.44.